The number of alkyl halides is 2. The number of benzene rings is 2. The Morgan fingerprint density at radius 3 is 2.69 bits per heavy atom. The molecular formula is C23H22F2N2O5. The summed E-state index contributed by atoms with van der Waals surface area (Å²) in [5.41, 5.74) is 1.42. The zero-order chi connectivity index (χ0) is 22.1. The van der Waals surface area contributed by atoms with Gasteiger partial charge in [0.25, 0.3) is 0 Å². The maximum absolute atomic E-state index is 12.8. The van der Waals surface area contributed by atoms with E-state index in [-0.39, 0.29) is 18.6 Å². The first kappa shape index (κ1) is 20.6. The average Bonchev–Trinajstić information content (AvgIpc) is 3.25. The van der Waals surface area contributed by atoms with Crippen LogP contribution in [0.3, 0.4) is 0 Å². The first-order valence-electron chi connectivity index (χ1n) is 10.5. The third-order valence-electron chi connectivity index (χ3n) is 5.77. The zero-order valence-electron chi connectivity index (χ0n) is 17.2. The van der Waals surface area contributed by atoms with Crippen molar-refractivity contribution in [3.63, 3.8) is 0 Å². The fourth-order valence-electron chi connectivity index (χ4n) is 4.30. The summed E-state index contributed by atoms with van der Waals surface area (Å²) in [5, 5.41) is 3.89. The number of hydrogen-bond donors (Lipinski definition) is 1. The molecule has 1 fully saturated rings. The minimum Gasteiger partial charge on any atom is -0.454 e. The smallest absolute Gasteiger partial charge is 0.387 e. The highest BCUT2D eigenvalue weighted by molar-refractivity contribution is 5.91. The van der Waals surface area contributed by atoms with E-state index in [2.05, 4.69) is 15.0 Å². The maximum Gasteiger partial charge on any atom is 0.387 e. The van der Waals surface area contributed by atoms with Crippen molar-refractivity contribution in [2.24, 2.45) is 0 Å². The van der Waals surface area contributed by atoms with Crippen LogP contribution < -0.4 is 30.1 Å². The molecule has 3 heterocycles. The quantitative estimate of drug-likeness (QED) is 0.579. The minimum absolute atomic E-state index is 0.0101. The van der Waals surface area contributed by atoms with Crippen LogP contribution in [-0.2, 0) is 6.54 Å². The van der Waals surface area contributed by atoms with Gasteiger partial charge < -0.3 is 28.8 Å². The molecule has 0 atom stereocenters. The van der Waals surface area contributed by atoms with Crippen molar-refractivity contribution in [1.29, 1.82) is 0 Å². The highest BCUT2D eigenvalue weighted by Gasteiger charge is 2.25. The Bertz CT molecular complexity index is 1180. The number of rotatable bonds is 6. The van der Waals surface area contributed by atoms with E-state index in [4.69, 9.17) is 13.9 Å². The normalized spacial score (nSPS) is 16.0. The zero-order valence-corrected chi connectivity index (χ0v) is 17.2. The van der Waals surface area contributed by atoms with Gasteiger partial charge in [0.2, 0.25) is 6.79 Å². The summed E-state index contributed by atoms with van der Waals surface area (Å²) < 4.78 is 46.4. The molecular weight excluding hydrogens is 422 g/mol. The summed E-state index contributed by atoms with van der Waals surface area (Å²) in [5.74, 6) is 1.38. The third-order valence-corrected chi connectivity index (χ3v) is 5.77. The van der Waals surface area contributed by atoms with Crippen molar-refractivity contribution in [2.45, 2.75) is 32.0 Å². The molecule has 0 aliphatic carbocycles. The molecule has 1 N–H and O–H groups in total. The van der Waals surface area contributed by atoms with E-state index < -0.39 is 12.2 Å². The molecule has 1 aromatic heterocycles. The molecule has 1 saturated heterocycles. The van der Waals surface area contributed by atoms with Gasteiger partial charge in [0.15, 0.2) is 11.5 Å². The van der Waals surface area contributed by atoms with Crippen LogP contribution in [0.4, 0.5) is 14.5 Å². The number of halogens is 2. The molecule has 3 aromatic rings. The van der Waals surface area contributed by atoms with Crippen LogP contribution in [0, 0.1) is 0 Å². The van der Waals surface area contributed by atoms with Gasteiger partial charge in [-0.2, -0.15) is 8.78 Å². The Morgan fingerprint density at radius 2 is 1.88 bits per heavy atom. The van der Waals surface area contributed by atoms with Gasteiger partial charge in [-0.25, -0.2) is 4.79 Å². The van der Waals surface area contributed by atoms with Gasteiger partial charge in [-0.1, -0.05) is 6.07 Å². The summed E-state index contributed by atoms with van der Waals surface area (Å²) in [4.78, 5) is 14.5. The number of nitrogens with one attached hydrogen (secondary N) is 1. The summed E-state index contributed by atoms with van der Waals surface area (Å²) in [6.07, 6.45) is 1.75. The van der Waals surface area contributed by atoms with Crippen LogP contribution in [0.5, 0.6) is 17.2 Å². The summed E-state index contributed by atoms with van der Waals surface area (Å²) in [7, 11) is 0. The second kappa shape index (κ2) is 8.66. The van der Waals surface area contributed by atoms with Crippen LogP contribution >= 0.6 is 0 Å². The Kier molecular flexibility index (Phi) is 5.57. The van der Waals surface area contributed by atoms with Gasteiger partial charge in [-0.15, -0.1) is 0 Å². The monoisotopic (exact) mass is 444 g/mol. The highest BCUT2D eigenvalue weighted by atomic mass is 19.3. The Hall–Kier alpha value is -3.33. The number of nitrogens with zero attached hydrogens (tertiary/aromatic N) is 1. The lowest BCUT2D eigenvalue weighted by molar-refractivity contribution is -0.0497. The Balaban J connectivity index is 1.59. The summed E-state index contributed by atoms with van der Waals surface area (Å²) >= 11 is 0. The van der Waals surface area contributed by atoms with Crippen LogP contribution in [0.25, 0.3) is 11.0 Å². The molecule has 2 aliphatic heterocycles. The topological polar surface area (TPSA) is 73.2 Å². The van der Waals surface area contributed by atoms with Crippen molar-refractivity contribution in [2.75, 3.05) is 24.8 Å². The predicted octanol–water partition coefficient (Wildman–Crippen LogP) is 3.88. The molecule has 0 amide bonds. The standard InChI is InChI=1S/C23H22F2N2O5/c24-23(25)31-16-2-4-19-17(10-16)18(11-22(28)32-19)27(15-5-7-26-8-6-15)12-14-1-3-20-21(9-14)30-13-29-20/h1-4,9-11,15,23,26H,5-8,12-13H2. The average molecular weight is 444 g/mol. The maximum atomic E-state index is 12.8. The molecule has 168 valence electrons. The van der Waals surface area contributed by atoms with Gasteiger partial charge in [-0.05, 0) is 61.8 Å². The van der Waals surface area contributed by atoms with Gasteiger partial charge in [0.05, 0.1) is 5.69 Å². The predicted molar refractivity (Wildman–Crippen MR) is 114 cm³/mol. The summed E-state index contributed by atoms with van der Waals surface area (Å²) in [6, 6.07) is 11.7. The lowest BCUT2D eigenvalue weighted by Gasteiger charge is -2.37. The number of anilines is 1. The van der Waals surface area contributed by atoms with Crippen LogP contribution in [0.1, 0.15) is 18.4 Å². The second-order valence-corrected chi connectivity index (χ2v) is 7.78. The van der Waals surface area contributed by atoms with Gasteiger partial charge in [0.1, 0.15) is 11.3 Å². The van der Waals surface area contributed by atoms with Crippen molar-refractivity contribution in [1.82, 2.24) is 5.32 Å². The van der Waals surface area contributed by atoms with E-state index in [9.17, 15) is 13.6 Å². The highest BCUT2D eigenvalue weighted by Crippen LogP contribution is 2.36. The molecule has 0 radical (unpaired) electrons. The number of fused-ring (bicyclic) bond motifs is 2. The molecule has 2 aromatic carbocycles. The molecule has 32 heavy (non-hydrogen) atoms. The number of hydrogen-bond acceptors (Lipinski definition) is 7. The second-order valence-electron chi connectivity index (χ2n) is 7.78. The SMILES string of the molecule is O=c1cc(N(Cc2ccc3c(c2)OCO3)C2CCNCC2)c2cc(OC(F)F)ccc2o1. The minimum atomic E-state index is -2.94. The van der Waals surface area contributed by atoms with E-state index in [0.29, 0.717) is 34.7 Å². The Labute approximate surface area is 182 Å². The van der Waals surface area contributed by atoms with E-state index in [1.54, 1.807) is 0 Å². The molecule has 0 saturated carbocycles. The first-order valence-corrected chi connectivity index (χ1v) is 10.5. The van der Waals surface area contributed by atoms with Crippen LogP contribution in [-0.4, -0.2) is 32.5 Å². The van der Waals surface area contributed by atoms with Crippen molar-refractivity contribution in [3.8, 4) is 17.2 Å². The van der Waals surface area contributed by atoms with Crippen molar-refractivity contribution >= 4 is 16.7 Å². The van der Waals surface area contributed by atoms with Crippen molar-refractivity contribution < 1.29 is 27.4 Å². The number of ether oxygens (including phenoxy) is 3. The lowest BCUT2D eigenvalue weighted by Crippen LogP contribution is -2.43. The van der Waals surface area contributed by atoms with Crippen LogP contribution in [0.15, 0.2) is 51.7 Å². The first-order chi connectivity index (χ1) is 15.6. The number of piperidine rings is 1. The van der Waals surface area contributed by atoms with Crippen LogP contribution in [0.2, 0.25) is 0 Å². The fraction of sp³-hybridized carbons (Fsp3) is 0.348. The van der Waals surface area contributed by atoms with E-state index >= 15 is 0 Å². The fourth-order valence-corrected chi connectivity index (χ4v) is 4.30. The molecule has 0 spiro atoms. The molecule has 5 rings (SSSR count). The molecule has 0 bridgehead atoms. The summed E-state index contributed by atoms with van der Waals surface area (Å²) in [6.45, 7) is -0.558. The lowest BCUT2D eigenvalue weighted by atomic mass is 10.0. The molecule has 2 aliphatic rings. The van der Waals surface area contributed by atoms with E-state index in [1.807, 2.05) is 18.2 Å². The third kappa shape index (κ3) is 4.20. The van der Waals surface area contributed by atoms with Gasteiger partial charge >= 0.3 is 12.2 Å². The molecule has 9 heteroatoms. The Morgan fingerprint density at radius 1 is 1.06 bits per heavy atom. The van der Waals surface area contributed by atoms with E-state index in [0.717, 1.165) is 31.5 Å². The van der Waals surface area contributed by atoms with Crippen molar-refractivity contribution in [3.05, 3.63) is 58.4 Å². The molecule has 7 nitrogen and oxygen atoms in total. The largest absolute Gasteiger partial charge is 0.454 e. The molecule has 0 unspecified atom stereocenters. The van der Waals surface area contributed by atoms with Gasteiger partial charge in [0, 0.05) is 24.0 Å². The van der Waals surface area contributed by atoms with E-state index in [1.165, 1.54) is 24.3 Å². The van der Waals surface area contributed by atoms with Gasteiger partial charge in [-0.3, -0.25) is 0 Å².